The molecule has 6 heteroatoms. The molecule has 114 valence electrons. The molecule has 0 radical (unpaired) electrons. The molecule has 1 saturated carbocycles. The SMILES string of the molecule is Cl.NC(CNC(=O)CN1Cc2ccccc2C1=O)C1CC1. The zero-order valence-corrected chi connectivity index (χ0v) is 12.6. The van der Waals surface area contributed by atoms with Gasteiger partial charge in [-0.1, -0.05) is 18.2 Å². The van der Waals surface area contributed by atoms with E-state index >= 15 is 0 Å². The van der Waals surface area contributed by atoms with Crippen LogP contribution in [0.2, 0.25) is 0 Å². The molecule has 0 bridgehead atoms. The maximum atomic E-state index is 12.1. The number of nitrogens with one attached hydrogen (secondary N) is 1. The minimum atomic E-state index is -0.137. The van der Waals surface area contributed by atoms with Gasteiger partial charge in [0.25, 0.3) is 5.91 Å². The second-order valence-electron chi connectivity index (χ2n) is 5.62. The topological polar surface area (TPSA) is 75.4 Å². The molecule has 2 aliphatic rings. The Morgan fingerprint density at radius 3 is 2.76 bits per heavy atom. The van der Waals surface area contributed by atoms with E-state index in [2.05, 4.69) is 5.32 Å². The molecular weight excluding hydrogens is 290 g/mol. The predicted octanol–water partition coefficient (Wildman–Crippen LogP) is 0.918. The minimum absolute atomic E-state index is 0. The first kappa shape index (κ1) is 15.8. The molecule has 21 heavy (non-hydrogen) atoms. The van der Waals surface area contributed by atoms with E-state index in [1.54, 1.807) is 11.0 Å². The van der Waals surface area contributed by atoms with Gasteiger partial charge < -0.3 is 16.0 Å². The molecule has 3 N–H and O–H groups in total. The standard InChI is InChI=1S/C15H19N3O2.ClH/c16-13(10-5-6-10)7-17-14(19)9-18-8-11-3-1-2-4-12(11)15(18)20;/h1-4,10,13H,5-9,16H2,(H,17,19);1H. The molecule has 1 aromatic carbocycles. The van der Waals surface area contributed by atoms with Crippen LogP contribution in [0.15, 0.2) is 24.3 Å². The second kappa shape index (κ2) is 6.45. The summed E-state index contributed by atoms with van der Waals surface area (Å²) in [5.41, 5.74) is 7.63. The van der Waals surface area contributed by atoms with Crippen LogP contribution in [0.3, 0.4) is 0 Å². The van der Waals surface area contributed by atoms with Crippen LogP contribution in [-0.4, -0.2) is 35.8 Å². The molecule has 3 rings (SSSR count). The third kappa shape index (κ3) is 3.54. The molecule has 1 aliphatic carbocycles. The summed E-state index contributed by atoms with van der Waals surface area (Å²) < 4.78 is 0. The summed E-state index contributed by atoms with van der Waals surface area (Å²) in [5.74, 6) is 0.359. The normalized spacial score (nSPS) is 18.0. The molecule has 0 aromatic heterocycles. The second-order valence-corrected chi connectivity index (χ2v) is 5.62. The van der Waals surface area contributed by atoms with Gasteiger partial charge >= 0.3 is 0 Å². The van der Waals surface area contributed by atoms with Gasteiger partial charge in [-0.2, -0.15) is 0 Å². The summed E-state index contributed by atoms with van der Waals surface area (Å²) >= 11 is 0. The third-order valence-electron chi connectivity index (χ3n) is 3.99. The molecule has 1 heterocycles. The van der Waals surface area contributed by atoms with E-state index < -0.39 is 0 Å². The highest BCUT2D eigenvalue weighted by atomic mass is 35.5. The van der Waals surface area contributed by atoms with Crippen LogP contribution >= 0.6 is 12.4 Å². The van der Waals surface area contributed by atoms with Gasteiger partial charge in [-0.25, -0.2) is 0 Å². The number of amides is 2. The van der Waals surface area contributed by atoms with Crippen molar-refractivity contribution in [1.82, 2.24) is 10.2 Å². The monoisotopic (exact) mass is 309 g/mol. The zero-order valence-electron chi connectivity index (χ0n) is 11.7. The molecule has 1 fully saturated rings. The number of hydrogen-bond donors (Lipinski definition) is 2. The first-order valence-electron chi connectivity index (χ1n) is 7.04. The molecule has 5 nitrogen and oxygen atoms in total. The van der Waals surface area contributed by atoms with Gasteiger partial charge in [0.05, 0.1) is 0 Å². The van der Waals surface area contributed by atoms with E-state index in [0.717, 1.165) is 18.4 Å². The average Bonchev–Trinajstić information content (AvgIpc) is 3.24. The Balaban J connectivity index is 0.00000161. The van der Waals surface area contributed by atoms with Crippen LogP contribution < -0.4 is 11.1 Å². The largest absolute Gasteiger partial charge is 0.353 e. The first-order valence-corrected chi connectivity index (χ1v) is 7.04. The average molecular weight is 310 g/mol. The number of halogens is 1. The van der Waals surface area contributed by atoms with E-state index in [-0.39, 0.29) is 36.8 Å². The molecule has 1 aliphatic heterocycles. The van der Waals surface area contributed by atoms with Crippen molar-refractivity contribution in [2.24, 2.45) is 11.7 Å². The number of fused-ring (bicyclic) bond motifs is 1. The maximum Gasteiger partial charge on any atom is 0.254 e. The Kier molecular flexibility index (Phi) is 4.85. The summed E-state index contributed by atoms with van der Waals surface area (Å²) in [6.45, 7) is 1.11. The molecule has 2 amide bonds. The summed E-state index contributed by atoms with van der Waals surface area (Å²) in [4.78, 5) is 25.6. The van der Waals surface area contributed by atoms with E-state index in [1.807, 2.05) is 18.2 Å². The van der Waals surface area contributed by atoms with E-state index in [1.165, 1.54) is 0 Å². The van der Waals surface area contributed by atoms with E-state index in [4.69, 9.17) is 5.73 Å². The van der Waals surface area contributed by atoms with Crippen LogP contribution in [0.25, 0.3) is 0 Å². The van der Waals surface area contributed by atoms with Gasteiger partial charge in [0.15, 0.2) is 0 Å². The summed E-state index contributed by atoms with van der Waals surface area (Å²) in [6.07, 6.45) is 2.33. The molecule has 0 saturated heterocycles. The first-order chi connectivity index (χ1) is 9.65. The molecule has 0 spiro atoms. The number of nitrogens with zero attached hydrogens (tertiary/aromatic N) is 1. The lowest BCUT2D eigenvalue weighted by molar-refractivity contribution is -0.121. The molecule has 1 atom stereocenters. The van der Waals surface area contributed by atoms with Crippen molar-refractivity contribution in [3.63, 3.8) is 0 Å². The highest BCUT2D eigenvalue weighted by molar-refractivity contribution is 6.00. The Hall–Kier alpha value is -1.59. The Bertz CT molecular complexity index is 545. The number of carbonyl (C=O) groups is 2. The van der Waals surface area contributed by atoms with Gasteiger partial charge in [0.2, 0.25) is 5.91 Å². The third-order valence-corrected chi connectivity index (χ3v) is 3.99. The molecule has 1 aromatic rings. The van der Waals surface area contributed by atoms with Crippen molar-refractivity contribution in [3.8, 4) is 0 Å². The fourth-order valence-electron chi connectivity index (χ4n) is 2.59. The highest BCUT2D eigenvalue weighted by Crippen LogP contribution is 2.31. The van der Waals surface area contributed by atoms with Gasteiger partial charge in [0, 0.05) is 24.7 Å². The van der Waals surface area contributed by atoms with Crippen molar-refractivity contribution in [1.29, 1.82) is 0 Å². The zero-order chi connectivity index (χ0) is 14.1. The van der Waals surface area contributed by atoms with E-state index in [0.29, 0.717) is 24.6 Å². The molecular formula is C15H20ClN3O2. The fourth-order valence-corrected chi connectivity index (χ4v) is 2.59. The lowest BCUT2D eigenvalue weighted by Crippen LogP contribution is -2.43. The minimum Gasteiger partial charge on any atom is -0.353 e. The summed E-state index contributed by atoms with van der Waals surface area (Å²) in [5, 5.41) is 2.82. The Morgan fingerprint density at radius 2 is 2.10 bits per heavy atom. The van der Waals surface area contributed by atoms with Crippen molar-refractivity contribution in [2.45, 2.75) is 25.4 Å². The van der Waals surface area contributed by atoms with Crippen LogP contribution in [0.4, 0.5) is 0 Å². The van der Waals surface area contributed by atoms with Crippen LogP contribution in [0, 0.1) is 5.92 Å². The van der Waals surface area contributed by atoms with Gasteiger partial charge in [-0.05, 0) is 30.4 Å². The van der Waals surface area contributed by atoms with Gasteiger partial charge in [0.1, 0.15) is 6.54 Å². The number of rotatable bonds is 5. The highest BCUT2D eigenvalue weighted by Gasteiger charge is 2.30. The van der Waals surface area contributed by atoms with Gasteiger partial charge in [-0.3, -0.25) is 9.59 Å². The van der Waals surface area contributed by atoms with Gasteiger partial charge in [-0.15, -0.1) is 12.4 Å². The lowest BCUT2D eigenvalue weighted by Gasteiger charge is -2.17. The summed E-state index contributed by atoms with van der Waals surface area (Å²) in [6, 6.07) is 7.52. The van der Waals surface area contributed by atoms with Crippen LogP contribution in [-0.2, 0) is 11.3 Å². The van der Waals surface area contributed by atoms with Crippen molar-refractivity contribution >= 4 is 24.2 Å². The number of benzene rings is 1. The van der Waals surface area contributed by atoms with Crippen molar-refractivity contribution < 1.29 is 9.59 Å². The number of carbonyl (C=O) groups excluding carboxylic acids is 2. The summed E-state index contributed by atoms with van der Waals surface area (Å²) in [7, 11) is 0. The number of hydrogen-bond acceptors (Lipinski definition) is 3. The maximum absolute atomic E-state index is 12.1. The number of nitrogens with two attached hydrogens (primary N) is 1. The lowest BCUT2D eigenvalue weighted by atomic mass is 10.1. The van der Waals surface area contributed by atoms with E-state index in [9.17, 15) is 9.59 Å². The Morgan fingerprint density at radius 1 is 1.38 bits per heavy atom. The fraction of sp³-hybridized carbons (Fsp3) is 0.467. The predicted molar refractivity (Wildman–Crippen MR) is 82.1 cm³/mol. The van der Waals surface area contributed by atoms with Crippen LogP contribution in [0.1, 0.15) is 28.8 Å². The van der Waals surface area contributed by atoms with Crippen molar-refractivity contribution in [2.75, 3.05) is 13.1 Å². The Labute approximate surface area is 130 Å². The quantitative estimate of drug-likeness (QED) is 0.849. The molecule has 1 unspecified atom stereocenters. The smallest absolute Gasteiger partial charge is 0.254 e. The van der Waals surface area contributed by atoms with Crippen LogP contribution in [0.5, 0.6) is 0 Å². The van der Waals surface area contributed by atoms with Crippen molar-refractivity contribution in [3.05, 3.63) is 35.4 Å².